The number of methoxy groups -OCH3 is 1. The number of ketones is 1. The first-order valence-electron chi connectivity index (χ1n) is 8.95. The number of halogens is 1. The summed E-state index contributed by atoms with van der Waals surface area (Å²) in [4.78, 5) is 29.7. The van der Waals surface area contributed by atoms with Gasteiger partial charge in [-0.2, -0.15) is 0 Å². The summed E-state index contributed by atoms with van der Waals surface area (Å²) < 4.78 is 5.22. The molecule has 0 aliphatic heterocycles. The number of carbonyl (C=O) groups is 2. The maximum absolute atomic E-state index is 12.9. The number of Topliss-reactive ketones (excluding diaryl/α,β-unsaturated/α-hetero) is 1. The lowest BCUT2D eigenvalue weighted by Gasteiger charge is -2.12. The number of nitrogens with two attached hydrogens (primary N) is 1. The lowest BCUT2D eigenvalue weighted by atomic mass is 10.0. The molecule has 1 heterocycles. The van der Waals surface area contributed by atoms with E-state index < -0.39 is 5.91 Å². The van der Waals surface area contributed by atoms with E-state index in [1.165, 1.54) is 13.3 Å². The van der Waals surface area contributed by atoms with E-state index in [2.05, 4.69) is 10.3 Å². The summed E-state index contributed by atoms with van der Waals surface area (Å²) in [7, 11) is 1.50. The van der Waals surface area contributed by atoms with E-state index in [-0.39, 0.29) is 18.0 Å². The Hall–Kier alpha value is -3.71. The highest BCUT2D eigenvalue weighted by molar-refractivity contribution is 6.30. The van der Waals surface area contributed by atoms with E-state index in [0.717, 1.165) is 0 Å². The number of carbonyl (C=O) groups excluding carboxylic acids is 2. The van der Waals surface area contributed by atoms with Gasteiger partial charge in [-0.25, -0.2) is 0 Å². The van der Waals surface area contributed by atoms with Crippen molar-refractivity contribution in [3.63, 3.8) is 0 Å². The number of hydrogen-bond acceptors (Lipinski definition) is 5. The van der Waals surface area contributed by atoms with Crippen LogP contribution in [0.1, 0.15) is 32.0 Å². The molecule has 0 bridgehead atoms. The Labute approximate surface area is 178 Å². The Bertz CT molecular complexity index is 1100. The number of aromatic nitrogens is 1. The van der Waals surface area contributed by atoms with Crippen LogP contribution in [-0.2, 0) is 6.42 Å². The Morgan fingerprint density at radius 2 is 1.80 bits per heavy atom. The van der Waals surface area contributed by atoms with Crippen LogP contribution in [0.25, 0.3) is 0 Å². The molecule has 0 aliphatic rings. The molecule has 8 heteroatoms. The average Bonchev–Trinajstić information content (AvgIpc) is 2.75. The minimum absolute atomic E-state index is 0.0422. The Balaban J connectivity index is 1.85. The zero-order valence-electron chi connectivity index (χ0n) is 16.1. The summed E-state index contributed by atoms with van der Waals surface area (Å²) >= 11 is 5.84. The fourth-order valence-electron chi connectivity index (χ4n) is 2.76. The third kappa shape index (κ3) is 5.01. The van der Waals surface area contributed by atoms with Crippen molar-refractivity contribution in [2.24, 2.45) is 5.73 Å². The van der Waals surface area contributed by atoms with Gasteiger partial charge in [-0.15, -0.1) is 0 Å². The number of amidine groups is 1. The lowest BCUT2D eigenvalue weighted by molar-refractivity contribution is 0.0992. The quantitative estimate of drug-likeness (QED) is 0.305. The number of nitrogens with one attached hydrogen (secondary N) is 2. The van der Waals surface area contributed by atoms with E-state index in [1.807, 2.05) is 0 Å². The Kier molecular flexibility index (Phi) is 6.44. The van der Waals surface area contributed by atoms with Gasteiger partial charge in [0.05, 0.1) is 24.2 Å². The molecule has 3 aromatic rings. The molecule has 0 spiro atoms. The van der Waals surface area contributed by atoms with Crippen molar-refractivity contribution >= 4 is 34.8 Å². The van der Waals surface area contributed by atoms with Crippen LogP contribution in [0.15, 0.2) is 60.8 Å². The molecule has 0 saturated carbocycles. The number of benzene rings is 2. The number of pyridine rings is 1. The second kappa shape index (κ2) is 9.19. The molecule has 0 radical (unpaired) electrons. The minimum atomic E-state index is -0.395. The van der Waals surface area contributed by atoms with Crippen LogP contribution < -0.4 is 15.8 Å². The Morgan fingerprint density at radius 3 is 2.40 bits per heavy atom. The van der Waals surface area contributed by atoms with Gasteiger partial charge < -0.3 is 15.8 Å². The van der Waals surface area contributed by atoms with Crippen molar-refractivity contribution in [2.75, 3.05) is 12.4 Å². The van der Waals surface area contributed by atoms with Crippen LogP contribution in [-0.4, -0.2) is 29.6 Å². The maximum atomic E-state index is 12.9. The van der Waals surface area contributed by atoms with E-state index in [0.29, 0.717) is 38.8 Å². The van der Waals surface area contributed by atoms with Gasteiger partial charge in [-0.05, 0) is 42.5 Å². The van der Waals surface area contributed by atoms with Crippen LogP contribution in [0.2, 0.25) is 5.02 Å². The highest BCUT2D eigenvalue weighted by Gasteiger charge is 2.17. The first-order chi connectivity index (χ1) is 14.4. The average molecular weight is 423 g/mol. The summed E-state index contributed by atoms with van der Waals surface area (Å²) in [6, 6.07) is 14.5. The molecule has 2 aromatic carbocycles. The molecule has 152 valence electrons. The van der Waals surface area contributed by atoms with Crippen molar-refractivity contribution in [3.05, 3.63) is 88.2 Å². The lowest BCUT2D eigenvalue weighted by Crippen LogP contribution is -2.17. The monoisotopic (exact) mass is 422 g/mol. The third-order valence-electron chi connectivity index (χ3n) is 4.36. The summed E-state index contributed by atoms with van der Waals surface area (Å²) in [6.45, 7) is 0. The first kappa shape index (κ1) is 21.0. The fraction of sp³-hybridized carbons (Fsp3) is 0.0909. The van der Waals surface area contributed by atoms with E-state index in [1.54, 1.807) is 54.6 Å². The van der Waals surface area contributed by atoms with Gasteiger partial charge in [-0.3, -0.25) is 20.0 Å². The molecule has 0 aliphatic carbocycles. The summed E-state index contributed by atoms with van der Waals surface area (Å²) in [5.74, 6) is -0.216. The minimum Gasteiger partial charge on any atom is -0.497 e. The number of ether oxygens (including phenoxy) is 1. The van der Waals surface area contributed by atoms with Gasteiger partial charge >= 0.3 is 0 Å². The molecule has 0 saturated heterocycles. The van der Waals surface area contributed by atoms with Crippen LogP contribution in [0.5, 0.6) is 5.75 Å². The van der Waals surface area contributed by atoms with Gasteiger partial charge in [0.2, 0.25) is 0 Å². The molecule has 0 fully saturated rings. The largest absolute Gasteiger partial charge is 0.497 e. The molecule has 1 amide bonds. The van der Waals surface area contributed by atoms with Crippen molar-refractivity contribution in [2.45, 2.75) is 6.42 Å². The van der Waals surface area contributed by atoms with Crippen molar-refractivity contribution in [1.29, 1.82) is 5.41 Å². The number of rotatable bonds is 7. The molecule has 7 nitrogen and oxygen atoms in total. The zero-order valence-corrected chi connectivity index (χ0v) is 16.9. The van der Waals surface area contributed by atoms with Gasteiger partial charge in [0.1, 0.15) is 11.6 Å². The van der Waals surface area contributed by atoms with Gasteiger partial charge in [0.15, 0.2) is 5.78 Å². The predicted octanol–water partition coefficient (Wildman–Crippen LogP) is 3.71. The van der Waals surface area contributed by atoms with Crippen LogP contribution in [0.4, 0.5) is 5.69 Å². The van der Waals surface area contributed by atoms with Crippen molar-refractivity contribution in [3.8, 4) is 5.75 Å². The number of nitrogen functional groups attached to an aromatic ring is 1. The normalized spacial score (nSPS) is 10.3. The van der Waals surface area contributed by atoms with Crippen molar-refractivity contribution < 1.29 is 14.3 Å². The van der Waals surface area contributed by atoms with E-state index in [9.17, 15) is 9.59 Å². The van der Waals surface area contributed by atoms with Crippen molar-refractivity contribution in [1.82, 2.24) is 4.98 Å². The van der Waals surface area contributed by atoms with Gasteiger partial charge in [-0.1, -0.05) is 23.7 Å². The zero-order chi connectivity index (χ0) is 21.7. The molecule has 0 atom stereocenters. The van der Waals surface area contributed by atoms with Gasteiger partial charge in [0.25, 0.3) is 5.91 Å². The first-order valence-corrected chi connectivity index (χ1v) is 9.32. The van der Waals surface area contributed by atoms with Crippen LogP contribution in [0, 0.1) is 5.41 Å². The number of nitrogens with zero attached hydrogens (tertiary/aromatic N) is 1. The van der Waals surface area contributed by atoms with Crippen LogP contribution in [0.3, 0.4) is 0 Å². The smallest absolute Gasteiger partial charge is 0.255 e. The van der Waals surface area contributed by atoms with Crippen LogP contribution >= 0.6 is 11.6 Å². The van der Waals surface area contributed by atoms with E-state index >= 15 is 0 Å². The SMILES string of the molecule is COc1ccc(NC(=O)c2ccc(C(=N)N)cc2)c(C(=O)Cc2ccc(Cl)cn2)c1. The highest BCUT2D eigenvalue weighted by atomic mass is 35.5. The molecule has 3 rings (SSSR count). The molecular formula is C22H19ClN4O3. The topological polar surface area (TPSA) is 118 Å². The van der Waals surface area contributed by atoms with E-state index in [4.69, 9.17) is 27.5 Å². The standard InChI is InChI=1S/C22H19ClN4O3/c1-30-17-8-9-19(27-22(29)14-4-2-13(3-5-14)21(24)25)18(11-17)20(28)10-16-7-6-15(23)12-26-16/h2-9,11-12H,10H2,1H3,(H3,24,25)(H,27,29). The predicted molar refractivity (Wildman–Crippen MR) is 116 cm³/mol. The third-order valence-corrected chi connectivity index (χ3v) is 4.59. The highest BCUT2D eigenvalue weighted by Crippen LogP contribution is 2.24. The molecular weight excluding hydrogens is 404 g/mol. The summed E-state index contributed by atoms with van der Waals surface area (Å²) in [6.07, 6.45) is 1.52. The maximum Gasteiger partial charge on any atom is 0.255 e. The molecule has 4 N–H and O–H groups in total. The fourth-order valence-corrected chi connectivity index (χ4v) is 2.87. The number of hydrogen-bond donors (Lipinski definition) is 3. The summed E-state index contributed by atoms with van der Waals surface area (Å²) in [5.41, 5.74) is 7.54. The van der Waals surface area contributed by atoms with Gasteiger partial charge in [0, 0.05) is 28.6 Å². The molecule has 0 unspecified atom stereocenters. The second-order valence-corrected chi connectivity index (χ2v) is 6.86. The number of anilines is 1. The molecule has 1 aromatic heterocycles. The second-order valence-electron chi connectivity index (χ2n) is 6.42. The summed E-state index contributed by atoms with van der Waals surface area (Å²) in [5, 5.41) is 10.7. The molecule has 30 heavy (non-hydrogen) atoms. The Morgan fingerprint density at radius 1 is 1.10 bits per heavy atom. The number of amides is 1.